The third-order valence-corrected chi connectivity index (χ3v) is 4.30. The number of hydrogen-bond acceptors (Lipinski definition) is 3. The van der Waals surface area contributed by atoms with E-state index < -0.39 is 0 Å². The van der Waals surface area contributed by atoms with Crippen molar-refractivity contribution in [2.24, 2.45) is 0 Å². The van der Waals surface area contributed by atoms with E-state index in [1.807, 2.05) is 56.3 Å². The lowest BCUT2D eigenvalue weighted by molar-refractivity contribution is -0.128. The van der Waals surface area contributed by atoms with E-state index in [2.05, 4.69) is 10.6 Å². The molecule has 2 N–H and O–H groups in total. The second-order valence-electron chi connectivity index (χ2n) is 6.69. The molecular formula is C21H27N3O2. The molecule has 2 aromatic carbocycles. The molecule has 5 nitrogen and oxygen atoms in total. The largest absolute Gasteiger partial charge is 0.376 e. The van der Waals surface area contributed by atoms with E-state index in [0.717, 1.165) is 22.5 Å². The first-order chi connectivity index (χ1) is 12.3. The Morgan fingerprint density at radius 2 is 1.73 bits per heavy atom. The first-order valence-corrected chi connectivity index (χ1v) is 8.75. The summed E-state index contributed by atoms with van der Waals surface area (Å²) >= 11 is 0. The van der Waals surface area contributed by atoms with Crippen LogP contribution in [-0.4, -0.2) is 37.4 Å². The van der Waals surface area contributed by atoms with Gasteiger partial charge in [-0.3, -0.25) is 9.59 Å². The molecule has 0 aliphatic rings. The van der Waals surface area contributed by atoms with Gasteiger partial charge in [0.05, 0.1) is 6.54 Å². The molecule has 0 aromatic heterocycles. The highest BCUT2D eigenvalue weighted by molar-refractivity contribution is 5.93. The third kappa shape index (κ3) is 5.92. The predicted octanol–water partition coefficient (Wildman–Crippen LogP) is 3.37. The second kappa shape index (κ2) is 9.04. The Labute approximate surface area is 155 Å². The van der Waals surface area contributed by atoms with Gasteiger partial charge in [0.25, 0.3) is 0 Å². The molecule has 2 rings (SSSR count). The number of nitrogens with zero attached hydrogens (tertiary/aromatic N) is 1. The first-order valence-electron chi connectivity index (χ1n) is 8.75. The zero-order valence-electron chi connectivity index (χ0n) is 15.9. The maximum atomic E-state index is 12.1. The molecule has 0 atom stereocenters. The highest BCUT2D eigenvalue weighted by atomic mass is 16.2. The normalized spacial score (nSPS) is 10.3. The Balaban J connectivity index is 1.86. The maximum absolute atomic E-state index is 12.1. The summed E-state index contributed by atoms with van der Waals surface area (Å²) in [5.41, 5.74) is 5.09. The van der Waals surface area contributed by atoms with E-state index in [0.29, 0.717) is 12.8 Å². The summed E-state index contributed by atoms with van der Waals surface area (Å²) in [6.45, 7) is 4.25. The van der Waals surface area contributed by atoms with Crippen LogP contribution in [0.2, 0.25) is 0 Å². The molecule has 0 fully saturated rings. The zero-order chi connectivity index (χ0) is 19.1. The van der Waals surface area contributed by atoms with Gasteiger partial charge in [-0.25, -0.2) is 0 Å². The summed E-state index contributed by atoms with van der Waals surface area (Å²) in [6.07, 6.45) is 1.16. The summed E-state index contributed by atoms with van der Waals surface area (Å²) < 4.78 is 0. The topological polar surface area (TPSA) is 61.4 Å². The van der Waals surface area contributed by atoms with E-state index >= 15 is 0 Å². The summed E-state index contributed by atoms with van der Waals surface area (Å²) in [4.78, 5) is 25.4. The Kier molecular flexibility index (Phi) is 6.78. The summed E-state index contributed by atoms with van der Waals surface area (Å²) in [6, 6.07) is 13.7. The fourth-order valence-electron chi connectivity index (χ4n) is 2.52. The molecule has 2 amide bonds. The number of anilines is 2. The van der Waals surface area contributed by atoms with Gasteiger partial charge in [0, 0.05) is 31.9 Å². The molecule has 0 aliphatic heterocycles. The van der Waals surface area contributed by atoms with Crippen molar-refractivity contribution in [1.82, 2.24) is 4.90 Å². The Morgan fingerprint density at radius 1 is 0.962 bits per heavy atom. The van der Waals surface area contributed by atoms with Crippen LogP contribution >= 0.6 is 0 Å². The molecular weight excluding hydrogens is 326 g/mol. The molecule has 5 heteroatoms. The number of nitrogens with one attached hydrogen (secondary N) is 2. The summed E-state index contributed by atoms with van der Waals surface area (Å²) in [5.74, 6) is 0.0116. The highest BCUT2D eigenvalue weighted by Crippen LogP contribution is 2.15. The van der Waals surface area contributed by atoms with Crippen LogP contribution in [0.1, 0.15) is 23.1 Å². The highest BCUT2D eigenvalue weighted by Gasteiger charge is 2.06. The van der Waals surface area contributed by atoms with Crippen LogP contribution in [0.15, 0.2) is 42.5 Å². The monoisotopic (exact) mass is 353 g/mol. The first kappa shape index (κ1) is 19.5. The molecule has 0 bridgehead atoms. The SMILES string of the molecule is Cc1ccc(NC(=O)CNc2cccc(CCC(=O)N(C)C)c2)cc1C. The number of carbonyl (C=O) groups excluding carboxylic acids is 2. The zero-order valence-corrected chi connectivity index (χ0v) is 15.9. The van der Waals surface area contributed by atoms with Crippen LogP contribution in [0.25, 0.3) is 0 Å². The molecule has 26 heavy (non-hydrogen) atoms. The lowest BCUT2D eigenvalue weighted by Gasteiger charge is -2.11. The van der Waals surface area contributed by atoms with Gasteiger partial charge in [-0.2, -0.15) is 0 Å². The molecule has 0 aliphatic carbocycles. The van der Waals surface area contributed by atoms with Crippen molar-refractivity contribution in [3.05, 3.63) is 59.2 Å². The smallest absolute Gasteiger partial charge is 0.243 e. The average molecular weight is 353 g/mol. The molecule has 138 valence electrons. The van der Waals surface area contributed by atoms with Gasteiger partial charge in [-0.1, -0.05) is 18.2 Å². The van der Waals surface area contributed by atoms with E-state index in [4.69, 9.17) is 0 Å². The fraction of sp³-hybridized carbons (Fsp3) is 0.333. The minimum atomic E-state index is -0.0959. The maximum Gasteiger partial charge on any atom is 0.243 e. The Hall–Kier alpha value is -2.82. The predicted molar refractivity (Wildman–Crippen MR) is 106 cm³/mol. The van der Waals surface area contributed by atoms with Crippen molar-refractivity contribution in [2.75, 3.05) is 31.3 Å². The van der Waals surface area contributed by atoms with E-state index in [1.165, 1.54) is 5.56 Å². The molecule has 0 saturated heterocycles. The van der Waals surface area contributed by atoms with Crippen molar-refractivity contribution in [3.63, 3.8) is 0 Å². The van der Waals surface area contributed by atoms with Gasteiger partial charge in [0.2, 0.25) is 11.8 Å². The van der Waals surface area contributed by atoms with E-state index in [9.17, 15) is 9.59 Å². The lowest BCUT2D eigenvalue weighted by Crippen LogP contribution is -2.22. The van der Waals surface area contributed by atoms with Crippen molar-refractivity contribution < 1.29 is 9.59 Å². The number of aryl methyl sites for hydroxylation is 3. The summed E-state index contributed by atoms with van der Waals surface area (Å²) in [5, 5.41) is 6.03. The van der Waals surface area contributed by atoms with Crippen LogP contribution in [0, 0.1) is 13.8 Å². The van der Waals surface area contributed by atoms with Gasteiger partial charge >= 0.3 is 0 Å². The Morgan fingerprint density at radius 3 is 2.42 bits per heavy atom. The van der Waals surface area contributed by atoms with Crippen molar-refractivity contribution in [2.45, 2.75) is 26.7 Å². The van der Waals surface area contributed by atoms with Crippen molar-refractivity contribution in [1.29, 1.82) is 0 Å². The number of hydrogen-bond donors (Lipinski definition) is 2. The van der Waals surface area contributed by atoms with Gasteiger partial charge in [-0.05, 0) is 61.2 Å². The fourth-order valence-corrected chi connectivity index (χ4v) is 2.52. The standard InChI is InChI=1S/C21H27N3O2/c1-15-8-10-19(12-16(15)2)23-20(25)14-22-18-7-5-6-17(13-18)9-11-21(26)24(3)4/h5-8,10,12-13,22H,9,11,14H2,1-4H3,(H,23,25). The molecule has 0 unspecified atom stereocenters. The molecule has 0 heterocycles. The minimum absolute atomic E-state index is 0.0959. The average Bonchev–Trinajstić information content (AvgIpc) is 2.61. The van der Waals surface area contributed by atoms with E-state index in [-0.39, 0.29) is 18.4 Å². The van der Waals surface area contributed by atoms with Gasteiger partial charge < -0.3 is 15.5 Å². The molecule has 0 spiro atoms. The van der Waals surface area contributed by atoms with E-state index in [1.54, 1.807) is 19.0 Å². The Bertz CT molecular complexity index is 785. The van der Waals surface area contributed by atoms with Gasteiger partial charge in [0.1, 0.15) is 0 Å². The summed E-state index contributed by atoms with van der Waals surface area (Å²) in [7, 11) is 3.52. The van der Waals surface area contributed by atoms with Crippen LogP contribution in [-0.2, 0) is 16.0 Å². The number of rotatable bonds is 7. The number of benzene rings is 2. The number of amides is 2. The minimum Gasteiger partial charge on any atom is -0.376 e. The third-order valence-electron chi connectivity index (χ3n) is 4.30. The van der Waals surface area contributed by atoms with Gasteiger partial charge in [0.15, 0.2) is 0 Å². The van der Waals surface area contributed by atoms with Crippen molar-refractivity contribution >= 4 is 23.2 Å². The second-order valence-corrected chi connectivity index (χ2v) is 6.69. The van der Waals surface area contributed by atoms with Crippen LogP contribution in [0.3, 0.4) is 0 Å². The van der Waals surface area contributed by atoms with Crippen molar-refractivity contribution in [3.8, 4) is 0 Å². The number of carbonyl (C=O) groups is 2. The molecule has 2 aromatic rings. The quantitative estimate of drug-likeness (QED) is 0.802. The van der Waals surface area contributed by atoms with Crippen LogP contribution in [0.4, 0.5) is 11.4 Å². The molecule has 0 saturated carbocycles. The van der Waals surface area contributed by atoms with Gasteiger partial charge in [-0.15, -0.1) is 0 Å². The van der Waals surface area contributed by atoms with Crippen LogP contribution < -0.4 is 10.6 Å². The molecule has 0 radical (unpaired) electrons. The lowest BCUT2D eigenvalue weighted by atomic mass is 10.1. The van der Waals surface area contributed by atoms with Crippen LogP contribution in [0.5, 0.6) is 0 Å².